The van der Waals surface area contributed by atoms with Gasteiger partial charge >= 0.3 is 24.6 Å². The number of hydrogen-bond acceptors (Lipinski definition) is 5. The lowest BCUT2D eigenvalue weighted by molar-refractivity contribution is -0.143. The molecule has 0 radical (unpaired) electrons. The van der Waals surface area contributed by atoms with Gasteiger partial charge in [0.25, 0.3) is 5.89 Å². The van der Waals surface area contributed by atoms with Crippen LogP contribution in [0.2, 0.25) is 0 Å². The van der Waals surface area contributed by atoms with Gasteiger partial charge in [0.15, 0.2) is 5.82 Å². The maximum atomic E-state index is 13.7. The van der Waals surface area contributed by atoms with Crippen LogP contribution in [0.1, 0.15) is 33.6 Å². The topological polar surface area (TPSA) is 88.7 Å². The van der Waals surface area contributed by atoms with Crippen molar-refractivity contribution < 1.29 is 58.7 Å². The Morgan fingerprint density at radius 3 is 1.93 bits per heavy atom. The van der Waals surface area contributed by atoms with Gasteiger partial charge in [-0.25, -0.2) is 4.79 Å². The van der Waals surface area contributed by atoms with Crippen molar-refractivity contribution >= 4 is 6.09 Å². The van der Waals surface area contributed by atoms with Gasteiger partial charge in [-0.15, -0.1) is 0 Å². The zero-order chi connectivity index (χ0) is 32.6. The first kappa shape index (κ1) is 32.2. The summed E-state index contributed by atoms with van der Waals surface area (Å²) in [6.07, 6.45) is -17.1. The van der Waals surface area contributed by atoms with Gasteiger partial charge in [0.2, 0.25) is 0 Å². The van der Waals surface area contributed by atoms with Gasteiger partial charge in [-0.05, 0) is 72.1 Å². The third-order valence-electron chi connectivity index (χ3n) is 6.35. The number of methoxy groups -OCH3 is 1. The van der Waals surface area contributed by atoms with Crippen LogP contribution in [0.25, 0.3) is 22.6 Å². The maximum absolute atomic E-state index is 13.7. The minimum absolute atomic E-state index is 0.0270. The maximum Gasteiger partial charge on any atom is 0.416 e. The van der Waals surface area contributed by atoms with Crippen LogP contribution >= 0.6 is 0 Å². The molecule has 7 nitrogen and oxygen atoms in total. The Balaban J connectivity index is 1.84. The number of carboxylic acid groups (broad SMARTS) is 1. The average Bonchev–Trinajstić information content (AvgIpc) is 3.36. The number of benzene rings is 3. The smallest absolute Gasteiger partial charge is 0.416 e. The molecule has 4 aromatic rings. The molecule has 44 heavy (non-hydrogen) atoms. The SMILES string of the molecule is COc1ccc(-c2nc(C)no2)cc1-c1ccc(C(F)(F)F)cc1CN(Cc1cc(C(F)(F)F)cc(C(F)(F)F)c1)C(=O)O. The molecule has 16 heteroatoms. The molecular weight excluding hydrogens is 613 g/mol. The van der Waals surface area contributed by atoms with Crippen molar-refractivity contribution in [3.63, 3.8) is 0 Å². The van der Waals surface area contributed by atoms with Crippen molar-refractivity contribution in [2.24, 2.45) is 0 Å². The number of aromatic nitrogens is 2. The summed E-state index contributed by atoms with van der Waals surface area (Å²) in [5, 5.41) is 13.5. The number of amides is 1. The minimum Gasteiger partial charge on any atom is -0.496 e. The summed E-state index contributed by atoms with van der Waals surface area (Å²) in [7, 11) is 1.27. The zero-order valence-corrected chi connectivity index (χ0v) is 22.5. The van der Waals surface area contributed by atoms with Gasteiger partial charge in [-0.1, -0.05) is 11.2 Å². The highest BCUT2D eigenvalue weighted by atomic mass is 19.4. The second-order valence-corrected chi connectivity index (χ2v) is 9.48. The Bertz CT molecular complexity index is 1650. The number of hydrogen-bond donors (Lipinski definition) is 1. The molecule has 3 aromatic carbocycles. The number of halogens is 9. The van der Waals surface area contributed by atoms with Crippen molar-refractivity contribution in [3.8, 4) is 28.3 Å². The summed E-state index contributed by atoms with van der Waals surface area (Å²) < 4.78 is 132. The molecule has 0 spiro atoms. The highest BCUT2D eigenvalue weighted by molar-refractivity contribution is 5.78. The fourth-order valence-electron chi connectivity index (χ4n) is 4.36. The lowest BCUT2D eigenvalue weighted by atomic mass is 9.94. The van der Waals surface area contributed by atoms with Crippen LogP contribution < -0.4 is 4.74 Å². The van der Waals surface area contributed by atoms with Crippen molar-refractivity contribution in [1.29, 1.82) is 0 Å². The first-order chi connectivity index (χ1) is 20.4. The summed E-state index contributed by atoms with van der Waals surface area (Å²) >= 11 is 0. The average molecular weight is 633 g/mol. The number of alkyl halides is 9. The number of nitrogens with zero attached hydrogens (tertiary/aromatic N) is 3. The Morgan fingerprint density at radius 2 is 1.43 bits per heavy atom. The van der Waals surface area contributed by atoms with E-state index in [1.54, 1.807) is 6.92 Å². The van der Waals surface area contributed by atoms with E-state index in [9.17, 15) is 49.4 Å². The first-order valence-corrected chi connectivity index (χ1v) is 12.3. The monoisotopic (exact) mass is 633 g/mol. The fraction of sp³-hybridized carbons (Fsp3) is 0.250. The molecule has 0 unspecified atom stereocenters. The van der Waals surface area contributed by atoms with E-state index in [0.29, 0.717) is 28.7 Å². The predicted octanol–water partition coefficient (Wildman–Crippen LogP) is 8.46. The van der Waals surface area contributed by atoms with Gasteiger partial charge in [-0.2, -0.15) is 44.5 Å². The van der Waals surface area contributed by atoms with E-state index < -0.39 is 60.0 Å². The van der Waals surface area contributed by atoms with Gasteiger partial charge in [0.1, 0.15) is 5.75 Å². The van der Waals surface area contributed by atoms with Crippen LogP contribution in [0.15, 0.2) is 59.1 Å². The predicted molar refractivity (Wildman–Crippen MR) is 135 cm³/mol. The van der Waals surface area contributed by atoms with Crippen molar-refractivity contribution in [1.82, 2.24) is 15.0 Å². The summed E-state index contributed by atoms with van der Waals surface area (Å²) in [5.41, 5.74) is -4.98. The number of rotatable bonds is 7. The molecule has 1 heterocycles. The standard InChI is InChI=1S/C28H20F9N3O4/c1-14-38-24(44-39-14)16-3-6-23(43-2)22(10-16)21-5-4-18(26(29,30)31)9-17(21)13-40(25(41)42)12-15-7-19(27(32,33)34)11-20(8-15)28(35,36)37/h3-11H,12-13H2,1-2H3,(H,41,42). The highest BCUT2D eigenvalue weighted by Crippen LogP contribution is 2.40. The fourth-order valence-corrected chi connectivity index (χ4v) is 4.36. The van der Waals surface area contributed by atoms with Gasteiger partial charge in [0.05, 0.1) is 23.8 Å². The molecule has 1 aromatic heterocycles. The van der Waals surface area contributed by atoms with Gasteiger partial charge in [-0.3, -0.25) is 4.90 Å². The molecule has 4 rings (SSSR count). The summed E-state index contributed by atoms with van der Waals surface area (Å²) in [6, 6.07) is 7.39. The molecule has 1 N–H and O–H groups in total. The summed E-state index contributed by atoms with van der Waals surface area (Å²) in [4.78, 5) is 16.7. The van der Waals surface area contributed by atoms with Crippen LogP contribution in [0.4, 0.5) is 44.3 Å². The second kappa shape index (κ2) is 11.7. The number of aryl methyl sites for hydroxylation is 1. The number of carbonyl (C=O) groups is 1. The van der Waals surface area contributed by atoms with E-state index in [4.69, 9.17) is 9.26 Å². The molecule has 0 aliphatic carbocycles. The van der Waals surface area contributed by atoms with Crippen LogP contribution in [-0.2, 0) is 31.6 Å². The molecule has 0 saturated carbocycles. The molecule has 1 amide bonds. The molecule has 0 aliphatic rings. The van der Waals surface area contributed by atoms with Crippen LogP contribution in [0, 0.1) is 6.92 Å². The molecule has 0 atom stereocenters. The third-order valence-corrected chi connectivity index (χ3v) is 6.35. The summed E-state index contributed by atoms with van der Waals surface area (Å²) in [6.45, 7) is -0.330. The largest absolute Gasteiger partial charge is 0.496 e. The van der Waals surface area contributed by atoms with E-state index in [0.717, 1.165) is 12.1 Å². The molecule has 0 saturated heterocycles. The van der Waals surface area contributed by atoms with E-state index in [-0.39, 0.29) is 40.2 Å². The quantitative estimate of drug-likeness (QED) is 0.206. The van der Waals surface area contributed by atoms with Crippen LogP contribution in [-0.4, -0.2) is 33.4 Å². The van der Waals surface area contributed by atoms with E-state index in [2.05, 4.69) is 10.1 Å². The molecule has 0 fully saturated rings. The van der Waals surface area contributed by atoms with Gasteiger partial charge in [0, 0.05) is 24.2 Å². The number of ether oxygens (including phenoxy) is 1. The van der Waals surface area contributed by atoms with Crippen molar-refractivity contribution in [3.05, 3.63) is 88.2 Å². The van der Waals surface area contributed by atoms with Gasteiger partial charge < -0.3 is 14.4 Å². The normalized spacial score (nSPS) is 12.3. The van der Waals surface area contributed by atoms with E-state index in [1.165, 1.54) is 25.3 Å². The third kappa shape index (κ3) is 7.23. The Morgan fingerprint density at radius 1 is 0.818 bits per heavy atom. The zero-order valence-electron chi connectivity index (χ0n) is 22.5. The summed E-state index contributed by atoms with van der Waals surface area (Å²) in [5.74, 6) is 0.477. The first-order valence-electron chi connectivity index (χ1n) is 12.3. The van der Waals surface area contributed by atoms with Crippen LogP contribution in [0.5, 0.6) is 5.75 Å². The molecule has 0 aliphatic heterocycles. The lowest BCUT2D eigenvalue weighted by Gasteiger charge is -2.24. The highest BCUT2D eigenvalue weighted by Gasteiger charge is 2.37. The van der Waals surface area contributed by atoms with E-state index in [1.807, 2.05) is 0 Å². The molecule has 0 bridgehead atoms. The van der Waals surface area contributed by atoms with E-state index >= 15 is 0 Å². The molecule has 234 valence electrons. The van der Waals surface area contributed by atoms with Crippen molar-refractivity contribution in [2.75, 3.05) is 7.11 Å². The molecular formula is C28H20F9N3O4. The Labute approximate surface area is 242 Å². The minimum atomic E-state index is -5.20. The Kier molecular flexibility index (Phi) is 8.57. The van der Waals surface area contributed by atoms with Crippen molar-refractivity contribution in [2.45, 2.75) is 38.5 Å². The second-order valence-electron chi connectivity index (χ2n) is 9.48. The van der Waals surface area contributed by atoms with Crippen LogP contribution in [0.3, 0.4) is 0 Å². The Hall–Kier alpha value is -4.76. The lowest BCUT2D eigenvalue weighted by Crippen LogP contribution is -2.29.